The van der Waals surface area contributed by atoms with Crippen molar-refractivity contribution >= 4 is 17.8 Å². The highest BCUT2D eigenvalue weighted by Gasteiger charge is 2.38. The highest BCUT2D eigenvalue weighted by Crippen LogP contribution is 2.28. The Morgan fingerprint density at radius 3 is 2.57 bits per heavy atom. The minimum atomic E-state index is -0.538. The molecule has 0 unspecified atom stereocenters. The van der Waals surface area contributed by atoms with Gasteiger partial charge in [-0.2, -0.15) is 0 Å². The molecule has 1 N–H and O–H groups in total. The highest BCUT2D eigenvalue weighted by atomic mass is 16.5. The van der Waals surface area contributed by atoms with Gasteiger partial charge in [0.15, 0.2) is 6.61 Å². The van der Waals surface area contributed by atoms with Crippen molar-refractivity contribution in [3.8, 4) is 0 Å². The molecule has 0 saturated carbocycles. The number of amides is 2. The van der Waals surface area contributed by atoms with Crippen molar-refractivity contribution in [1.29, 1.82) is 0 Å². The fraction of sp³-hybridized carbons (Fsp3) is 0.375. The van der Waals surface area contributed by atoms with Crippen molar-refractivity contribution < 1.29 is 19.1 Å². The standard InChI is InChI=1S/C24H28N2O4/c1-17-8-6-7-9-19(17)12-13-25-22(27)16-30-24(29)21-14-23(28)26(15-21)18(2)20-10-4-3-5-11-20/h3-11,18,21H,12-16H2,1-2H3,(H,25,27)/t18-,21+/m0/s1. The number of hydrogen-bond acceptors (Lipinski definition) is 4. The Kier molecular flexibility index (Phi) is 7.22. The zero-order chi connectivity index (χ0) is 21.5. The Labute approximate surface area is 177 Å². The quantitative estimate of drug-likeness (QED) is 0.682. The molecule has 2 aromatic carbocycles. The lowest BCUT2D eigenvalue weighted by Gasteiger charge is -2.25. The maximum Gasteiger partial charge on any atom is 0.311 e. The topological polar surface area (TPSA) is 75.7 Å². The number of nitrogens with one attached hydrogen (secondary N) is 1. The first-order chi connectivity index (χ1) is 14.5. The smallest absolute Gasteiger partial charge is 0.311 e. The van der Waals surface area contributed by atoms with E-state index in [1.807, 2.05) is 68.4 Å². The molecule has 1 aliphatic rings. The molecule has 2 aromatic rings. The van der Waals surface area contributed by atoms with Crippen LogP contribution in [0.2, 0.25) is 0 Å². The summed E-state index contributed by atoms with van der Waals surface area (Å²) in [5, 5.41) is 2.77. The predicted octanol–water partition coefficient (Wildman–Crippen LogP) is 2.81. The zero-order valence-corrected chi connectivity index (χ0v) is 17.5. The average molecular weight is 408 g/mol. The second kappa shape index (κ2) is 10.1. The third-order valence-electron chi connectivity index (χ3n) is 5.56. The van der Waals surface area contributed by atoms with E-state index in [4.69, 9.17) is 4.74 Å². The van der Waals surface area contributed by atoms with Crippen LogP contribution in [0, 0.1) is 12.8 Å². The van der Waals surface area contributed by atoms with Gasteiger partial charge in [0.05, 0.1) is 12.0 Å². The molecule has 6 heteroatoms. The van der Waals surface area contributed by atoms with E-state index in [1.54, 1.807) is 4.90 Å². The number of carbonyl (C=O) groups excluding carboxylic acids is 3. The Hall–Kier alpha value is -3.15. The lowest BCUT2D eigenvalue weighted by molar-refractivity contribution is -0.152. The van der Waals surface area contributed by atoms with Gasteiger partial charge in [-0.15, -0.1) is 0 Å². The van der Waals surface area contributed by atoms with Crippen molar-refractivity contribution in [3.05, 3.63) is 71.3 Å². The van der Waals surface area contributed by atoms with E-state index in [0.717, 1.165) is 12.0 Å². The number of hydrogen-bond donors (Lipinski definition) is 1. The maximum absolute atomic E-state index is 12.4. The number of esters is 1. The number of carbonyl (C=O) groups is 3. The van der Waals surface area contributed by atoms with Crippen LogP contribution in [-0.2, 0) is 25.5 Å². The summed E-state index contributed by atoms with van der Waals surface area (Å²) < 4.78 is 5.17. The summed E-state index contributed by atoms with van der Waals surface area (Å²) in [7, 11) is 0. The highest BCUT2D eigenvalue weighted by molar-refractivity contribution is 5.88. The van der Waals surface area contributed by atoms with Crippen molar-refractivity contribution in [2.75, 3.05) is 19.7 Å². The van der Waals surface area contributed by atoms with Crippen LogP contribution in [0.1, 0.15) is 36.1 Å². The summed E-state index contributed by atoms with van der Waals surface area (Å²) in [5.41, 5.74) is 3.37. The predicted molar refractivity (Wildman–Crippen MR) is 114 cm³/mol. The normalized spacial score (nSPS) is 16.9. The summed E-state index contributed by atoms with van der Waals surface area (Å²) in [6, 6.07) is 17.6. The second-order valence-corrected chi connectivity index (χ2v) is 7.67. The minimum Gasteiger partial charge on any atom is -0.455 e. The van der Waals surface area contributed by atoms with Crippen molar-refractivity contribution in [1.82, 2.24) is 10.2 Å². The Morgan fingerprint density at radius 1 is 1.13 bits per heavy atom. The first-order valence-corrected chi connectivity index (χ1v) is 10.3. The molecule has 0 aromatic heterocycles. The number of aryl methyl sites for hydroxylation is 1. The molecule has 1 heterocycles. The van der Waals surface area contributed by atoms with E-state index in [2.05, 4.69) is 5.32 Å². The lowest BCUT2D eigenvalue weighted by Crippen LogP contribution is -2.33. The Morgan fingerprint density at radius 2 is 1.83 bits per heavy atom. The van der Waals surface area contributed by atoms with Crippen LogP contribution in [0.4, 0.5) is 0 Å². The van der Waals surface area contributed by atoms with Crippen LogP contribution in [0.3, 0.4) is 0 Å². The maximum atomic E-state index is 12.4. The summed E-state index contributed by atoms with van der Waals surface area (Å²) in [4.78, 5) is 38.4. The average Bonchev–Trinajstić information content (AvgIpc) is 3.15. The molecule has 158 valence electrons. The van der Waals surface area contributed by atoms with Gasteiger partial charge in [-0.25, -0.2) is 0 Å². The monoisotopic (exact) mass is 408 g/mol. The van der Waals surface area contributed by atoms with Gasteiger partial charge < -0.3 is 15.0 Å². The summed E-state index contributed by atoms with van der Waals surface area (Å²) in [6.07, 6.45) is 0.834. The third kappa shape index (κ3) is 5.47. The van der Waals surface area contributed by atoms with E-state index in [0.29, 0.717) is 13.1 Å². The molecule has 6 nitrogen and oxygen atoms in total. The fourth-order valence-electron chi connectivity index (χ4n) is 3.71. The molecule has 1 saturated heterocycles. The van der Waals surface area contributed by atoms with Gasteiger partial charge in [-0.3, -0.25) is 14.4 Å². The molecule has 1 aliphatic heterocycles. The first kappa shape index (κ1) is 21.6. The van der Waals surface area contributed by atoms with Gasteiger partial charge in [0, 0.05) is 19.5 Å². The van der Waals surface area contributed by atoms with Crippen molar-refractivity contribution in [3.63, 3.8) is 0 Å². The molecule has 3 rings (SSSR count). The van der Waals surface area contributed by atoms with Crippen LogP contribution < -0.4 is 5.32 Å². The molecule has 1 fully saturated rings. The summed E-state index contributed by atoms with van der Waals surface area (Å²) >= 11 is 0. The molecule has 30 heavy (non-hydrogen) atoms. The van der Waals surface area contributed by atoms with Crippen LogP contribution in [0.25, 0.3) is 0 Å². The van der Waals surface area contributed by atoms with Gasteiger partial charge >= 0.3 is 5.97 Å². The van der Waals surface area contributed by atoms with Gasteiger partial charge in [-0.1, -0.05) is 54.6 Å². The van der Waals surface area contributed by atoms with Crippen molar-refractivity contribution in [2.24, 2.45) is 5.92 Å². The third-order valence-corrected chi connectivity index (χ3v) is 5.56. The van der Waals surface area contributed by atoms with Gasteiger partial charge in [0.25, 0.3) is 5.91 Å². The Balaban J connectivity index is 1.42. The van der Waals surface area contributed by atoms with E-state index < -0.39 is 11.9 Å². The summed E-state index contributed by atoms with van der Waals surface area (Å²) in [5.74, 6) is -1.45. The Bertz CT molecular complexity index is 897. The van der Waals surface area contributed by atoms with Gasteiger partial charge in [0.1, 0.15) is 0 Å². The van der Waals surface area contributed by atoms with Crippen LogP contribution in [0.15, 0.2) is 54.6 Å². The van der Waals surface area contributed by atoms with Crippen LogP contribution in [-0.4, -0.2) is 42.4 Å². The molecular formula is C24H28N2O4. The van der Waals surface area contributed by atoms with E-state index in [-0.39, 0.29) is 30.9 Å². The number of ether oxygens (including phenoxy) is 1. The molecule has 0 aliphatic carbocycles. The molecular weight excluding hydrogens is 380 g/mol. The van der Waals surface area contributed by atoms with E-state index in [9.17, 15) is 14.4 Å². The van der Waals surface area contributed by atoms with Gasteiger partial charge in [0.2, 0.25) is 5.91 Å². The molecule has 0 radical (unpaired) electrons. The fourth-order valence-corrected chi connectivity index (χ4v) is 3.71. The lowest BCUT2D eigenvalue weighted by atomic mass is 10.1. The van der Waals surface area contributed by atoms with Crippen LogP contribution >= 0.6 is 0 Å². The SMILES string of the molecule is Cc1ccccc1CCNC(=O)COC(=O)[C@@H]1CC(=O)N([C@@H](C)c2ccccc2)C1. The number of rotatable bonds is 8. The molecule has 0 bridgehead atoms. The first-order valence-electron chi connectivity index (χ1n) is 10.3. The van der Waals surface area contributed by atoms with E-state index >= 15 is 0 Å². The number of benzene rings is 2. The summed E-state index contributed by atoms with van der Waals surface area (Å²) in [6.45, 7) is 4.44. The molecule has 2 amide bonds. The van der Waals surface area contributed by atoms with Crippen LogP contribution in [0.5, 0.6) is 0 Å². The minimum absolute atomic E-state index is 0.0732. The number of nitrogens with zero attached hydrogens (tertiary/aromatic N) is 1. The van der Waals surface area contributed by atoms with Crippen molar-refractivity contribution in [2.45, 2.75) is 32.7 Å². The van der Waals surface area contributed by atoms with E-state index in [1.165, 1.54) is 11.1 Å². The number of likely N-dealkylation sites (tertiary alicyclic amines) is 1. The largest absolute Gasteiger partial charge is 0.455 e. The second-order valence-electron chi connectivity index (χ2n) is 7.67. The molecule has 2 atom stereocenters. The van der Waals surface area contributed by atoms with Gasteiger partial charge in [-0.05, 0) is 37.0 Å². The zero-order valence-electron chi connectivity index (χ0n) is 17.5. The molecule has 0 spiro atoms.